The first-order valence-electron chi connectivity index (χ1n) is 8.21. The highest BCUT2D eigenvalue weighted by molar-refractivity contribution is 6.30. The van der Waals surface area contributed by atoms with Crippen LogP contribution in [0.15, 0.2) is 54.7 Å². The number of carbonyl (C=O) groups excluding carboxylic acids is 2. The van der Waals surface area contributed by atoms with Gasteiger partial charge in [0.25, 0.3) is 5.91 Å². The van der Waals surface area contributed by atoms with Crippen LogP contribution in [-0.2, 0) is 0 Å². The normalized spacial score (nSPS) is 10.3. The van der Waals surface area contributed by atoms with Crippen molar-refractivity contribution in [2.75, 3.05) is 10.6 Å². The highest BCUT2D eigenvalue weighted by atomic mass is 35.5. The summed E-state index contributed by atoms with van der Waals surface area (Å²) in [4.78, 5) is 32.1. The lowest BCUT2D eigenvalue weighted by molar-refractivity contribution is 0.101. The molecule has 1 amide bonds. The van der Waals surface area contributed by atoms with Crippen LogP contribution in [0.3, 0.4) is 0 Å². The minimum Gasteiger partial charge on any atom is -0.324 e. The average Bonchev–Trinajstić information content (AvgIpc) is 2.65. The molecule has 1 aromatic heterocycles. The maximum absolute atomic E-state index is 12.4. The minimum absolute atomic E-state index is 0.0307. The SMILES string of the molecule is CC(=O)c1ccc(NC(=O)c2ccnc(Nc3ccc(Cl)cc3C)n2)cc1. The second-order valence-corrected chi connectivity index (χ2v) is 6.37. The van der Waals surface area contributed by atoms with E-state index in [-0.39, 0.29) is 17.4 Å². The number of aryl methyl sites for hydroxylation is 1. The van der Waals surface area contributed by atoms with E-state index in [1.165, 1.54) is 19.2 Å². The van der Waals surface area contributed by atoms with Crippen molar-refractivity contribution in [3.8, 4) is 0 Å². The Morgan fingerprint density at radius 2 is 1.78 bits per heavy atom. The van der Waals surface area contributed by atoms with Gasteiger partial charge in [0, 0.05) is 28.2 Å². The van der Waals surface area contributed by atoms with Gasteiger partial charge in [-0.15, -0.1) is 0 Å². The summed E-state index contributed by atoms with van der Waals surface area (Å²) in [5.41, 5.74) is 3.12. The van der Waals surface area contributed by atoms with Crippen LogP contribution in [0.25, 0.3) is 0 Å². The van der Waals surface area contributed by atoms with E-state index in [1.54, 1.807) is 30.3 Å². The zero-order valence-corrected chi connectivity index (χ0v) is 15.5. The smallest absolute Gasteiger partial charge is 0.274 e. The quantitative estimate of drug-likeness (QED) is 0.630. The first-order valence-corrected chi connectivity index (χ1v) is 8.59. The highest BCUT2D eigenvalue weighted by Crippen LogP contribution is 2.22. The molecule has 1 heterocycles. The van der Waals surface area contributed by atoms with E-state index in [1.807, 2.05) is 19.1 Å². The summed E-state index contributed by atoms with van der Waals surface area (Å²) in [6, 6.07) is 13.6. The van der Waals surface area contributed by atoms with Crippen LogP contribution in [-0.4, -0.2) is 21.7 Å². The molecular weight excluding hydrogens is 364 g/mol. The predicted octanol–water partition coefficient (Wildman–Crippen LogP) is 4.64. The minimum atomic E-state index is -0.371. The molecule has 0 aliphatic carbocycles. The lowest BCUT2D eigenvalue weighted by atomic mass is 10.1. The van der Waals surface area contributed by atoms with Crippen LogP contribution >= 0.6 is 11.6 Å². The second-order valence-electron chi connectivity index (χ2n) is 5.94. The number of nitrogens with one attached hydrogen (secondary N) is 2. The van der Waals surface area contributed by atoms with Crippen molar-refractivity contribution in [3.05, 3.63) is 76.6 Å². The monoisotopic (exact) mass is 380 g/mol. The molecule has 0 fully saturated rings. The third-order valence-corrected chi connectivity index (χ3v) is 4.11. The third kappa shape index (κ3) is 4.68. The van der Waals surface area contributed by atoms with Crippen molar-refractivity contribution < 1.29 is 9.59 Å². The standard InChI is InChI=1S/C20H17ClN4O2/c1-12-11-15(21)5-8-17(12)24-20-22-10-9-18(25-20)19(27)23-16-6-3-14(4-7-16)13(2)26/h3-11H,1-2H3,(H,23,27)(H,22,24,25). The number of halogens is 1. The van der Waals surface area contributed by atoms with Crippen molar-refractivity contribution in [2.45, 2.75) is 13.8 Å². The maximum atomic E-state index is 12.4. The van der Waals surface area contributed by atoms with Crippen molar-refractivity contribution >= 4 is 40.6 Å². The summed E-state index contributed by atoms with van der Waals surface area (Å²) >= 11 is 5.96. The van der Waals surface area contributed by atoms with E-state index < -0.39 is 0 Å². The highest BCUT2D eigenvalue weighted by Gasteiger charge is 2.10. The van der Waals surface area contributed by atoms with E-state index in [9.17, 15) is 9.59 Å². The number of anilines is 3. The molecule has 3 aromatic rings. The van der Waals surface area contributed by atoms with Gasteiger partial charge in [0.05, 0.1) is 0 Å². The van der Waals surface area contributed by atoms with Gasteiger partial charge in [0.15, 0.2) is 5.78 Å². The van der Waals surface area contributed by atoms with E-state index >= 15 is 0 Å². The van der Waals surface area contributed by atoms with Crippen LogP contribution in [0.4, 0.5) is 17.3 Å². The molecule has 0 bridgehead atoms. The van der Waals surface area contributed by atoms with E-state index in [0.717, 1.165) is 11.3 Å². The van der Waals surface area contributed by atoms with Crippen LogP contribution in [0.5, 0.6) is 0 Å². The molecule has 0 aliphatic rings. The largest absolute Gasteiger partial charge is 0.324 e. The van der Waals surface area contributed by atoms with Crippen LogP contribution < -0.4 is 10.6 Å². The first kappa shape index (κ1) is 18.5. The van der Waals surface area contributed by atoms with Gasteiger partial charge in [0.2, 0.25) is 5.95 Å². The van der Waals surface area contributed by atoms with Gasteiger partial charge in [-0.3, -0.25) is 9.59 Å². The molecule has 3 rings (SSSR count). The average molecular weight is 381 g/mol. The number of hydrogen-bond donors (Lipinski definition) is 2. The Labute approximate surface area is 161 Å². The summed E-state index contributed by atoms with van der Waals surface area (Å²) in [7, 11) is 0. The van der Waals surface area contributed by atoms with Gasteiger partial charge in [-0.25, -0.2) is 9.97 Å². The lowest BCUT2D eigenvalue weighted by Gasteiger charge is -2.10. The van der Waals surface area contributed by atoms with Gasteiger partial charge < -0.3 is 10.6 Å². The summed E-state index contributed by atoms with van der Waals surface area (Å²) in [5, 5.41) is 6.47. The molecule has 0 aliphatic heterocycles. The fourth-order valence-corrected chi connectivity index (χ4v) is 2.64. The Morgan fingerprint density at radius 1 is 1.04 bits per heavy atom. The Bertz CT molecular complexity index is 1000. The van der Waals surface area contributed by atoms with Gasteiger partial charge >= 0.3 is 0 Å². The molecule has 27 heavy (non-hydrogen) atoms. The third-order valence-electron chi connectivity index (χ3n) is 3.87. The van der Waals surface area contributed by atoms with Gasteiger partial charge in [-0.2, -0.15) is 0 Å². The number of carbonyl (C=O) groups is 2. The summed E-state index contributed by atoms with van der Waals surface area (Å²) < 4.78 is 0. The maximum Gasteiger partial charge on any atom is 0.274 e. The summed E-state index contributed by atoms with van der Waals surface area (Å²) in [6.45, 7) is 3.40. The number of amides is 1. The molecule has 6 nitrogen and oxygen atoms in total. The fourth-order valence-electron chi connectivity index (χ4n) is 2.42. The van der Waals surface area contributed by atoms with Crippen LogP contribution in [0, 0.1) is 6.92 Å². The molecule has 0 spiro atoms. The Morgan fingerprint density at radius 3 is 2.44 bits per heavy atom. The van der Waals surface area contributed by atoms with Gasteiger partial charge in [-0.05, 0) is 67.9 Å². The van der Waals surface area contributed by atoms with Gasteiger partial charge in [-0.1, -0.05) is 11.6 Å². The summed E-state index contributed by atoms with van der Waals surface area (Å²) in [5.74, 6) is -0.0965. The molecule has 136 valence electrons. The van der Waals surface area contributed by atoms with Crippen LogP contribution in [0.2, 0.25) is 5.02 Å². The zero-order chi connectivity index (χ0) is 19.4. The van der Waals surface area contributed by atoms with Crippen molar-refractivity contribution in [3.63, 3.8) is 0 Å². The van der Waals surface area contributed by atoms with Crippen molar-refractivity contribution in [1.82, 2.24) is 9.97 Å². The molecule has 7 heteroatoms. The van der Waals surface area contributed by atoms with E-state index in [2.05, 4.69) is 20.6 Å². The fraction of sp³-hybridized carbons (Fsp3) is 0.100. The molecule has 0 radical (unpaired) electrons. The second kappa shape index (κ2) is 7.97. The predicted molar refractivity (Wildman–Crippen MR) is 106 cm³/mol. The van der Waals surface area contributed by atoms with E-state index in [4.69, 9.17) is 11.6 Å². The molecule has 0 saturated heterocycles. The molecular formula is C20H17ClN4O2. The molecule has 0 unspecified atom stereocenters. The number of aromatic nitrogens is 2. The first-order chi connectivity index (χ1) is 12.9. The number of nitrogens with zero attached hydrogens (tertiary/aromatic N) is 2. The Hall–Kier alpha value is -3.25. The number of benzene rings is 2. The lowest BCUT2D eigenvalue weighted by Crippen LogP contribution is -2.15. The number of Topliss-reactive ketones (excluding diaryl/α,β-unsaturated/α-hetero) is 1. The van der Waals surface area contributed by atoms with Gasteiger partial charge in [0.1, 0.15) is 5.69 Å². The number of rotatable bonds is 5. The number of hydrogen-bond acceptors (Lipinski definition) is 5. The molecule has 2 N–H and O–H groups in total. The molecule has 2 aromatic carbocycles. The van der Waals surface area contributed by atoms with Crippen LogP contribution in [0.1, 0.15) is 33.3 Å². The summed E-state index contributed by atoms with van der Waals surface area (Å²) in [6.07, 6.45) is 1.51. The Kier molecular flexibility index (Phi) is 5.47. The van der Waals surface area contributed by atoms with Crippen molar-refractivity contribution in [2.24, 2.45) is 0 Å². The molecule has 0 atom stereocenters. The van der Waals surface area contributed by atoms with E-state index in [0.29, 0.717) is 22.2 Å². The topological polar surface area (TPSA) is 84.0 Å². The number of ketones is 1. The van der Waals surface area contributed by atoms with Crippen molar-refractivity contribution in [1.29, 1.82) is 0 Å². The molecule has 0 saturated carbocycles. The Balaban J connectivity index is 1.74. The zero-order valence-electron chi connectivity index (χ0n) is 14.8.